The lowest BCUT2D eigenvalue weighted by Crippen LogP contribution is -2.49. The maximum Gasteiger partial charge on any atom is 0.436 e. The van der Waals surface area contributed by atoms with Crippen LogP contribution >= 0.6 is 23.2 Å². The smallest absolute Gasteiger partial charge is 0.436 e. The van der Waals surface area contributed by atoms with Gasteiger partial charge in [-0.3, -0.25) is 9.48 Å². The van der Waals surface area contributed by atoms with Gasteiger partial charge in [-0.2, -0.15) is 18.3 Å². The molecule has 2 heterocycles. The van der Waals surface area contributed by atoms with Crippen molar-refractivity contribution in [1.29, 1.82) is 0 Å². The molecule has 6 nitrogen and oxygen atoms in total. The number of aromatic nitrogens is 2. The van der Waals surface area contributed by atoms with Gasteiger partial charge in [-0.25, -0.2) is 0 Å². The Morgan fingerprint density at radius 3 is 2.39 bits per heavy atom. The van der Waals surface area contributed by atoms with Gasteiger partial charge >= 0.3 is 6.18 Å². The first-order valence-electron chi connectivity index (χ1n) is 8.39. The molecule has 1 fully saturated rings. The standard InChI is InChI=1S/C17H17Cl2F3N4O2/c1-10-15(19)16(17(20,21)22)23-26(10)9-14(28)25-6-4-24(5-7-25)11-2-3-12(18)13(27)8-11/h2-3,8,27H,4-7,9H2,1H3. The number of amides is 1. The van der Waals surface area contributed by atoms with Crippen LogP contribution in [0, 0.1) is 6.92 Å². The largest absolute Gasteiger partial charge is 0.506 e. The van der Waals surface area contributed by atoms with E-state index in [0.29, 0.717) is 26.2 Å². The fourth-order valence-corrected chi connectivity index (χ4v) is 3.36. The van der Waals surface area contributed by atoms with Crippen LogP contribution in [0.3, 0.4) is 0 Å². The number of aromatic hydroxyl groups is 1. The quantitative estimate of drug-likeness (QED) is 0.798. The Hall–Kier alpha value is -2.13. The summed E-state index contributed by atoms with van der Waals surface area (Å²) in [7, 11) is 0. The number of halogens is 5. The zero-order valence-electron chi connectivity index (χ0n) is 14.8. The van der Waals surface area contributed by atoms with E-state index in [1.165, 1.54) is 6.92 Å². The normalized spacial score (nSPS) is 15.2. The monoisotopic (exact) mass is 436 g/mol. The number of alkyl halides is 3. The lowest BCUT2D eigenvalue weighted by atomic mass is 10.2. The Balaban J connectivity index is 1.64. The summed E-state index contributed by atoms with van der Waals surface area (Å²) >= 11 is 11.5. The molecule has 0 spiro atoms. The number of carbonyl (C=O) groups is 1. The number of phenols is 1. The summed E-state index contributed by atoms with van der Waals surface area (Å²) in [5.74, 6) is -0.362. The molecule has 1 N–H and O–H groups in total. The topological polar surface area (TPSA) is 61.6 Å². The summed E-state index contributed by atoms with van der Waals surface area (Å²) in [6, 6.07) is 4.91. The number of rotatable bonds is 3. The van der Waals surface area contributed by atoms with Crippen LogP contribution in [0.4, 0.5) is 18.9 Å². The number of benzene rings is 1. The van der Waals surface area contributed by atoms with Crippen molar-refractivity contribution in [3.8, 4) is 5.75 Å². The summed E-state index contributed by atoms with van der Waals surface area (Å²) in [6.45, 7) is 2.88. The first-order valence-corrected chi connectivity index (χ1v) is 9.15. The van der Waals surface area contributed by atoms with E-state index in [1.54, 1.807) is 23.1 Å². The summed E-state index contributed by atoms with van der Waals surface area (Å²) < 4.78 is 39.7. The Bertz CT molecular complexity index is 893. The summed E-state index contributed by atoms with van der Waals surface area (Å²) in [5.41, 5.74) is -0.317. The molecule has 1 aliphatic rings. The molecular formula is C17H17Cl2F3N4O2. The van der Waals surface area contributed by atoms with Crippen LogP contribution in [0.2, 0.25) is 10.0 Å². The van der Waals surface area contributed by atoms with E-state index in [0.717, 1.165) is 10.4 Å². The zero-order valence-corrected chi connectivity index (χ0v) is 16.3. The third-order valence-electron chi connectivity index (χ3n) is 4.61. The molecule has 2 aromatic rings. The maximum atomic E-state index is 12.9. The molecule has 152 valence electrons. The van der Waals surface area contributed by atoms with Crippen molar-refractivity contribution in [2.45, 2.75) is 19.6 Å². The van der Waals surface area contributed by atoms with E-state index in [4.69, 9.17) is 23.2 Å². The zero-order chi connectivity index (χ0) is 20.6. The third kappa shape index (κ3) is 4.15. The Labute approximate surface area is 169 Å². The van der Waals surface area contributed by atoms with Crippen molar-refractivity contribution < 1.29 is 23.1 Å². The molecule has 11 heteroatoms. The van der Waals surface area contributed by atoms with Gasteiger partial charge in [0.05, 0.1) is 15.7 Å². The minimum Gasteiger partial charge on any atom is -0.506 e. The average Bonchev–Trinajstić information content (AvgIpc) is 2.92. The average molecular weight is 437 g/mol. The van der Waals surface area contributed by atoms with Gasteiger partial charge in [0.2, 0.25) is 5.91 Å². The molecule has 0 unspecified atom stereocenters. The second-order valence-electron chi connectivity index (χ2n) is 6.41. The van der Waals surface area contributed by atoms with Gasteiger partial charge in [0.15, 0.2) is 5.69 Å². The number of carbonyl (C=O) groups excluding carboxylic acids is 1. The van der Waals surface area contributed by atoms with E-state index < -0.39 is 16.9 Å². The number of nitrogens with zero attached hydrogens (tertiary/aromatic N) is 4. The molecule has 1 saturated heterocycles. The van der Waals surface area contributed by atoms with Crippen LogP contribution in [0.5, 0.6) is 5.75 Å². The predicted molar refractivity (Wildman–Crippen MR) is 98.9 cm³/mol. The number of phenolic OH excluding ortho intramolecular Hbond substituents is 1. The van der Waals surface area contributed by atoms with E-state index in [-0.39, 0.29) is 28.9 Å². The van der Waals surface area contributed by atoms with Gasteiger partial charge in [0.25, 0.3) is 0 Å². The molecule has 1 aromatic heterocycles. The first-order chi connectivity index (χ1) is 13.1. The minimum atomic E-state index is -4.67. The third-order valence-corrected chi connectivity index (χ3v) is 5.39. The first kappa shape index (κ1) is 20.6. The van der Waals surface area contributed by atoms with Crippen molar-refractivity contribution in [3.63, 3.8) is 0 Å². The molecule has 1 amide bonds. The van der Waals surface area contributed by atoms with Crippen molar-refractivity contribution >= 4 is 34.8 Å². The second-order valence-corrected chi connectivity index (χ2v) is 7.19. The van der Waals surface area contributed by atoms with Crippen LogP contribution < -0.4 is 4.90 Å². The lowest BCUT2D eigenvalue weighted by Gasteiger charge is -2.36. The molecule has 0 bridgehead atoms. The molecule has 0 aliphatic carbocycles. The minimum absolute atomic E-state index is 0.0239. The van der Waals surface area contributed by atoms with Crippen LogP contribution in [-0.4, -0.2) is 51.9 Å². The van der Waals surface area contributed by atoms with E-state index in [1.807, 2.05) is 4.90 Å². The Kier molecular flexibility index (Phi) is 5.67. The van der Waals surface area contributed by atoms with Crippen molar-refractivity contribution in [3.05, 3.63) is 39.6 Å². The number of hydrogen-bond donors (Lipinski definition) is 1. The predicted octanol–water partition coefficient (Wildman–Crippen LogP) is 3.57. The highest BCUT2D eigenvalue weighted by molar-refractivity contribution is 6.32. The maximum absolute atomic E-state index is 12.9. The molecule has 1 aliphatic heterocycles. The van der Waals surface area contributed by atoms with Crippen LogP contribution in [0.15, 0.2) is 18.2 Å². The van der Waals surface area contributed by atoms with Gasteiger partial charge in [-0.1, -0.05) is 23.2 Å². The van der Waals surface area contributed by atoms with Gasteiger partial charge < -0.3 is 14.9 Å². The highest BCUT2D eigenvalue weighted by Gasteiger charge is 2.38. The molecule has 1 aromatic carbocycles. The second kappa shape index (κ2) is 7.71. The summed E-state index contributed by atoms with van der Waals surface area (Å²) in [4.78, 5) is 16.0. The van der Waals surface area contributed by atoms with Crippen molar-refractivity contribution in [2.75, 3.05) is 31.1 Å². The Morgan fingerprint density at radius 2 is 1.86 bits per heavy atom. The molecule has 28 heavy (non-hydrogen) atoms. The van der Waals surface area contributed by atoms with E-state index >= 15 is 0 Å². The van der Waals surface area contributed by atoms with Gasteiger partial charge in [0.1, 0.15) is 12.3 Å². The summed E-state index contributed by atoms with van der Waals surface area (Å²) in [5, 5.41) is 12.9. The fraction of sp³-hybridized carbons (Fsp3) is 0.412. The van der Waals surface area contributed by atoms with Crippen LogP contribution in [0.1, 0.15) is 11.4 Å². The van der Waals surface area contributed by atoms with Crippen LogP contribution in [0.25, 0.3) is 0 Å². The number of piperazine rings is 1. The van der Waals surface area contributed by atoms with Gasteiger partial charge in [-0.05, 0) is 19.1 Å². The number of hydrogen-bond acceptors (Lipinski definition) is 4. The summed E-state index contributed by atoms with van der Waals surface area (Å²) in [6.07, 6.45) is -4.67. The Morgan fingerprint density at radius 1 is 1.21 bits per heavy atom. The van der Waals surface area contributed by atoms with E-state index in [9.17, 15) is 23.1 Å². The van der Waals surface area contributed by atoms with Gasteiger partial charge in [-0.15, -0.1) is 0 Å². The van der Waals surface area contributed by atoms with Crippen molar-refractivity contribution in [2.24, 2.45) is 0 Å². The van der Waals surface area contributed by atoms with Crippen LogP contribution in [-0.2, 0) is 17.5 Å². The lowest BCUT2D eigenvalue weighted by molar-refractivity contribution is -0.142. The SMILES string of the molecule is Cc1c(Cl)c(C(F)(F)F)nn1CC(=O)N1CCN(c2ccc(Cl)c(O)c2)CC1. The molecule has 0 atom stereocenters. The highest BCUT2D eigenvalue weighted by atomic mass is 35.5. The van der Waals surface area contributed by atoms with E-state index in [2.05, 4.69) is 5.10 Å². The highest BCUT2D eigenvalue weighted by Crippen LogP contribution is 2.35. The fourth-order valence-electron chi connectivity index (χ4n) is 3.00. The molecule has 0 saturated carbocycles. The molecule has 0 radical (unpaired) electrons. The number of anilines is 1. The van der Waals surface area contributed by atoms with Crippen molar-refractivity contribution in [1.82, 2.24) is 14.7 Å². The van der Waals surface area contributed by atoms with Gasteiger partial charge in [0, 0.05) is 37.9 Å². The molecule has 3 rings (SSSR count). The molecular weight excluding hydrogens is 420 g/mol.